The molecule has 0 saturated carbocycles. The highest BCUT2D eigenvalue weighted by atomic mass is 16.4. The molecule has 2 aromatic heterocycles. The van der Waals surface area contributed by atoms with E-state index in [9.17, 15) is 9.59 Å². The second-order valence-electron chi connectivity index (χ2n) is 6.39. The number of carbonyl (C=O) groups is 2. The quantitative estimate of drug-likeness (QED) is 0.791. The van der Waals surface area contributed by atoms with Crippen LogP contribution in [-0.4, -0.2) is 39.0 Å². The summed E-state index contributed by atoms with van der Waals surface area (Å²) in [5.41, 5.74) is 1.60. The van der Waals surface area contributed by atoms with Crippen LogP contribution in [0.2, 0.25) is 0 Å². The number of hydrogen-bond acceptors (Lipinski definition) is 4. The van der Waals surface area contributed by atoms with Crippen molar-refractivity contribution in [3.8, 4) is 0 Å². The third kappa shape index (κ3) is 3.13. The summed E-state index contributed by atoms with van der Waals surface area (Å²) >= 11 is 0. The standard InChI is InChI=1S/C18H23N3O3/c1-4-16-12(2)8-17(24-16)18(23)21-7-5-6-14(21)9-15(22)13-10-19-20(3)11-13/h8,10-11,14H,4-7,9H2,1-3H3. The van der Waals surface area contributed by atoms with Crippen LogP contribution >= 0.6 is 0 Å². The predicted octanol–water partition coefficient (Wildman–Crippen LogP) is 2.76. The molecule has 0 bridgehead atoms. The molecular weight excluding hydrogens is 306 g/mol. The zero-order valence-corrected chi connectivity index (χ0v) is 14.4. The van der Waals surface area contributed by atoms with E-state index in [1.807, 2.05) is 13.8 Å². The highest BCUT2D eigenvalue weighted by Gasteiger charge is 2.33. The topological polar surface area (TPSA) is 68.3 Å². The Morgan fingerprint density at radius 2 is 2.21 bits per heavy atom. The van der Waals surface area contributed by atoms with Crippen molar-refractivity contribution in [2.24, 2.45) is 7.05 Å². The molecule has 0 radical (unpaired) electrons. The van der Waals surface area contributed by atoms with E-state index >= 15 is 0 Å². The maximum Gasteiger partial charge on any atom is 0.289 e. The molecule has 1 unspecified atom stereocenters. The first-order valence-corrected chi connectivity index (χ1v) is 8.41. The molecule has 3 rings (SSSR count). The zero-order valence-electron chi connectivity index (χ0n) is 14.4. The van der Waals surface area contributed by atoms with E-state index in [-0.39, 0.29) is 17.7 Å². The van der Waals surface area contributed by atoms with Crippen LogP contribution in [-0.2, 0) is 13.5 Å². The molecular formula is C18H23N3O3. The second-order valence-corrected chi connectivity index (χ2v) is 6.39. The molecule has 1 aliphatic heterocycles. The molecule has 6 nitrogen and oxygen atoms in total. The fourth-order valence-electron chi connectivity index (χ4n) is 3.33. The zero-order chi connectivity index (χ0) is 17.3. The number of amides is 1. The monoisotopic (exact) mass is 329 g/mol. The van der Waals surface area contributed by atoms with Gasteiger partial charge in [-0.25, -0.2) is 0 Å². The Morgan fingerprint density at radius 3 is 2.83 bits per heavy atom. The Kier molecular flexibility index (Phi) is 4.55. The van der Waals surface area contributed by atoms with Crippen LogP contribution in [0.25, 0.3) is 0 Å². The smallest absolute Gasteiger partial charge is 0.289 e. The number of Topliss-reactive ketones (excluding diaryl/α,β-unsaturated/α-hetero) is 1. The minimum absolute atomic E-state index is 0.0256. The fourth-order valence-corrected chi connectivity index (χ4v) is 3.33. The maximum atomic E-state index is 12.8. The number of likely N-dealkylation sites (tertiary alicyclic amines) is 1. The summed E-state index contributed by atoms with van der Waals surface area (Å²) in [6, 6.07) is 1.74. The molecule has 0 spiro atoms. The number of carbonyl (C=O) groups excluding carboxylic acids is 2. The highest BCUT2D eigenvalue weighted by molar-refractivity contribution is 5.97. The number of ketones is 1. The number of aryl methyl sites for hydroxylation is 3. The Hall–Kier alpha value is -2.37. The predicted molar refractivity (Wildman–Crippen MR) is 89.0 cm³/mol. The molecule has 1 saturated heterocycles. The van der Waals surface area contributed by atoms with Crippen molar-refractivity contribution >= 4 is 11.7 Å². The molecule has 24 heavy (non-hydrogen) atoms. The van der Waals surface area contributed by atoms with Gasteiger partial charge in [0.15, 0.2) is 11.5 Å². The first-order valence-electron chi connectivity index (χ1n) is 8.41. The lowest BCUT2D eigenvalue weighted by Crippen LogP contribution is -2.36. The van der Waals surface area contributed by atoms with Gasteiger partial charge in [0.25, 0.3) is 5.91 Å². The summed E-state index contributed by atoms with van der Waals surface area (Å²) in [4.78, 5) is 27.0. The lowest BCUT2D eigenvalue weighted by molar-refractivity contribution is 0.0685. The van der Waals surface area contributed by atoms with Crippen molar-refractivity contribution in [1.29, 1.82) is 0 Å². The number of aromatic nitrogens is 2. The van der Waals surface area contributed by atoms with Crippen LogP contribution in [0.3, 0.4) is 0 Å². The van der Waals surface area contributed by atoms with E-state index in [0.717, 1.165) is 30.6 Å². The molecule has 3 heterocycles. The van der Waals surface area contributed by atoms with E-state index in [4.69, 9.17) is 4.42 Å². The van der Waals surface area contributed by atoms with Gasteiger partial charge in [-0.1, -0.05) is 6.92 Å². The number of hydrogen-bond donors (Lipinski definition) is 0. The van der Waals surface area contributed by atoms with Gasteiger partial charge in [0.1, 0.15) is 5.76 Å². The Bertz CT molecular complexity index is 759. The summed E-state index contributed by atoms with van der Waals surface area (Å²) in [5.74, 6) is 1.14. The fraction of sp³-hybridized carbons (Fsp3) is 0.500. The van der Waals surface area contributed by atoms with E-state index in [1.165, 1.54) is 0 Å². The summed E-state index contributed by atoms with van der Waals surface area (Å²) in [7, 11) is 1.78. The molecule has 128 valence electrons. The van der Waals surface area contributed by atoms with Gasteiger partial charge >= 0.3 is 0 Å². The number of rotatable bonds is 5. The Balaban J connectivity index is 1.72. The summed E-state index contributed by atoms with van der Waals surface area (Å²) < 4.78 is 7.30. The minimum Gasteiger partial charge on any atom is -0.456 e. The summed E-state index contributed by atoms with van der Waals surface area (Å²) in [6.07, 6.45) is 6.15. The molecule has 0 aliphatic carbocycles. The molecule has 0 aromatic carbocycles. The van der Waals surface area contributed by atoms with Crippen LogP contribution in [0.5, 0.6) is 0 Å². The first kappa shape index (κ1) is 16.5. The van der Waals surface area contributed by atoms with Gasteiger partial charge in [-0.15, -0.1) is 0 Å². The molecule has 1 amide bonds. The Morgan fingerprint density at radius 1 is 1.42 bits per heavy atom. The van der Waals surface area contributed by atoms with Crippen LogP contribution < -0.4 is 0 Å². The molecule has 1 fully saturated rings. The van der Waals surface area contributed by atoms with Crippen molar-refractivity contribution in [3.63, 3.8) is 0 Å². The highest BCUT2D eigenvalue weighted by Crippen LogP contribution is 2.25. The Labute approximate surface area is 141 Å². The van der Waals surface area contributed by atoms with Crippen LogP contribution in [0.4, 0.5) is 0 Å². The lowest BCUT2D eigenvalue weighted by atomic mass is 10.0. The van der Waals surface area contributed by atoms with Gasteiger partial charge < -0.3 is 9.32 Å². The van der Waals surface area contributed by atoms with Gasteiger partial charge in [-0.2, -0.15) is 5.10 Å². The normalized spacial score (nSPS) is 17.5. The van der Waals surface area contributed by atoms with Gasteiger partial charge in [-0.05, 0) is 31.4 Å². The van der Waals surface area contributed by atoms with Gasteiger partial charge in [0, 0.05) is 38.7 Å². The average Bonchev–Trinajstić information content (AvgIpc) is 3.26. The van der Waals surface area contributed by atoms with Crippen molar-refractivity contribution in [3.05, 3.63) is 41.1 Å². The van der Waals surface area contributed by atoms with E-state index in [2.05, 4.69) is 5.10 Å². The molecule has 1 aliphatic rings. The number of furan rings is 1. The van der Waals surface area contributed by atoms with Gasteiger partial charge in [0.05, 0.1) is 11.8 Å². The minimum atomic E-state index is -0.112. The van der Waals surface area contributed by atoms with E-state index in [0.29, 0.717) is 24.3 Å². The summed E-state index contributed by atoms with van der Waals surface area (Å²) in [5, 5.41) is 4.04. The van der Waals surface area contributed by atoms with Crippen LogP contribution in [0, 0.1) is 6.92 Å². The van der Waals surface area contributed by atoms with Crippen molar-refractivity contribution in [2.45, 2.75) is 45.6 Å². The van der Waals surface area contributed by atoms with Gasteiger partial charge in [0.2, 0.25) is 0 Å². The molecule has 0 N–H and O–H groups in total. The SMILES string of the molecule is CCc1oc(C(=O)N2CCCC2CC(=O)c2cnn(C)c2)cc1C. The van der Waals surface area contributed by atoms with Gasteiger partial charge in [-0.3, -0.25) is 14.3 Å². The van der Waals surface area contributed by atoms with Crippen molar-refractivity contribution < 1.29 is 14.0 Å². The van der Waals surface area contributed by atoms with Crippen LogP contribution in [0.1, 0.15) is 58.4 Å². The molecule has 1 atom stereocenters. The summed E-state index contributed by atoms with van der Waals surface area (Å²) in [6.45, 7) is 4.63. The van der Waals surface area contributed by atoms with Crippen LogP contribution in [0.15, 0.2) is 22.9 Å². The second kappa shape index (κ2) is 6.63. The maximum absolute atomic E-state index is 12.8. The average molecular weight is 329 g/mol. The third-order valence-corrected chi connectivity index (χ3v) is 4.64. The van der Waals surface area contributed by atoms with Crippen molar-refractivity contribution in [1.82, 2.24) is 14.7 Å². The molecule has 6 heteroatoms. The van der Waals surface area contributed by atoms with E-state index in [1.54, 1.807) is 35.1 Å². The number of nitrogens with zero attached hydrogens (tertiary/aromatic N) is 3. The first-order chi connectivity index (χ1) is 11.5. The third-order valence-electron chi connectivity index (χ3n) is 4.64. The largest absolute Gasteiger partial charge is 0.456 e. The molecule has 2 aromatic rings. The van der Waals surface area contributed by atoms with E-state index < -0.39 is 0 Å². The van der Waals surface area contributed by atoms with Crippen molar-refractivity contribution in [2.75, 3.05) is 6.54 Å². The lowest BCUT2D eigenvalue weighted by Gasteiger charge is -2.23.